The van der Waals surface area contributed by atoms with Gasteiger partial charge in [0.1, 0.15) is 5.56 Å². The van der Waals surface area contributed by atoms with Gasteiger partial charge in [0.15, 0.2) is 0 Å². The molecule has 1 amide bonds. The van der Waals surface area contributed by atoms with Gasteiger partial charge < -0.3 is 14.6 Å². The standard InChI is InChI=1S/C19H23ClN2O3/c1-12-13(2)17(18(23)21-14(12)3)19(24)22(9-10-25-4)11-15-7-5-6-8-16(15)20/h5-8H,9-11H2,1-4H3,(H,21,23). The second-order valence-corrected chi connectivity index (χ2v) is 6.42. The van der Waals surface area contributed by atoms with Crippen molar-refractivity contribution in [3.63, 3.8) is 0 Å². The summed E-state index contributed by atoms with van der Waals surface area (Å²) in [6.07, 6.45) is 0. The maximum absolute atomic E-state index is 13.1. The van der Waals surface area contributed by atoms with E-state index in [0.717, 1.165) is 16.8 Å². The van der Waals surface area contributed by atoms with Crippen molar-refractivity contribution in [2.45, 2.75) is 27.3 Å². The molecule has 6 heteroatoms. The number of aromatic amines is 1. The van der Waals surface area contributed by atoms with Crippen molar-refractivity contribution in [3.8, 4) is 0 Å². The van der Waals surface area contributed by atoms with Crippen LogP contribution in [0.1, 0.15) is 32.7 Å². The van der Waals surface area contributed by atoms with E-state index in [4.69, 9.17) is 16.3 Å². The largest absolute Gasteiger partial charge is 0.383 e. The lowest BCUT2D eigenvalue weighted by Crippen LogP contribution is -2.37. The van der Waals surface area contributed by atoms with E-state index in [9.17, 15) is 9.59 Å². The highest BCUT2D eigenvalue weighted by atomic mass is 35.5. The first-order valence-corrected chi connectivity index (χ1v) is 8.46. The van der Waals surface area contributed by atoms with Crippen LogP contribution < -0.4 is 5.56 Å². The molecule has 2 aromatic rings. The topological polar surface area (TPSA) is 62.4 Å². The van der Waals surface area contributed by atoms with Crippen LogP contribution in [0, 0.1) is 20.8 Å². The van der Waals surface area contributed by atoms with Gasteiger partial charge in [-0.15, -0.1) is 0 Å². The van der Waals surface area contributed by atoms with Gasteiger partial charge in [0.25, 0.3) is 11.5 Å². The Morgan fingerprint density at radius 2 is 1.88 bits per heavy atom. The number of rotatable bonds is 6. The lowest BCUT2D eigenvalue weighted by atomic mass is 10.0. The van der Waals surface area contributed by atoms with Crippen LogP contribution >= 0.6 is 11.6 Å². The summed E-state index contributed by atoms with van der Waals surface area (Å²) in [7, 11) is 1.58. The number of pyridine rings is 1. The molecule has 0 aliphatic heterocycles. The van der Waals surface area contributed by atoms with Crippen molar-refractivity contribution in [1.29, 1.82) is 0 Å². The summed E-state index contributed by atoms with van der Waals surface area (Å²) in [5, 5.41) is 0.587. The molecule has 1 heterocycles. The second-order valence-electron chi connectivity index (χ2n) is 6.02. The highest BCUT2D eigenvalue weighted by Gasteiger charge is 2.23. The molecular formula is C19H23ClN2O3. The van der Waals surface area contributed by atoms with Gasteiger partial charge in [-0.3, -0.25) is 9.59 Å². The van der Waals surface area contributed by atoms with Crippen LogP contribution in [0.15, 0.2) is 29.1 Å². The maximum Gasteiger partial charge on any atom is 0.261 e. The number of H-pyrrole nitrogens is 1. The minimum Gasteiger partial charge on any atom is -0.383 e. The van der Waals surface area contributed by atoms with E-state index < -0.39 is 0 Å². The number of amides is 1. The minimum atomic E-state index is -0.368. The quantitative estimate of drug-likeness (QED) is 0.858. The Kier molecular flexibility index (Phi) is 6.39. The highest BCUT2D eigenvalue weighted by Crippen LogP contribution is 2.19. The molecule has 2 rings (SSSR count). The number of nitrogens with one attached hydrogen (secondary N) is 1. The van der Waals surface area contributed by atoms with E-state index in [1.807, 2.05) is 32.0 Å². The number of ether oxygens (including phenoxy) is 1. The number of carbonyl (C=O) groups excluding carboxylic acids is 1. The number of halogens is 1. The van der Waals surface area contributed by atoms with Gasteiger partial charge in [-0.25, -0.2) is 0 Å². The first-order valence-electron chi connectivity index (χ1n) is 8.08. The van der Waals surface area contributed by atoms with Crippen molar-refractivity contribution in [3.05, 3.63) is 67.6 Å². The number of nitrogens with zero attached hydrogens (tertiary/aromatic N) is 1. The molecule has 0 radical (unpaired) electrons. The van der Waals surface area contributed by atoms with E-state index in [1.54, 1.807) is 25.0 Å². The van der Waals surface area contributed by atoms with Crippen LogP contribution in [-0.2, 0) is 11.3 Å². The number of carbonyl (C=O) groups is 1. The third kappa shape index (κ3) is 4.30. The van der Waals surface area contributed by atoms with E-state index in [1.165, 1.54) is 0 Å². The molecule has 0 aliphatic rings. The first kappa shape index (κ1) is 19.2. The maximum atomic E-state index is 13.1. The van der Waals surface area contributed by atoms with Gasteiger partial charge in [-0.1, -0.05) is 29.8 Å². The van der Waals surface area contributed by atoms with Gasteiger partial charge in [0, 0.05) is 30.9 Å². The molecule has 0 spiro atoms. The van der Waals surface area contributed by atoms with Crippen molar-refractivity contribution >= 4 is 17.5 Å². The van der Waals surface area contributed by atoms with E-state index in [-0.39, 0.29) is 17.0 Å². The predicted molar refractivity (Wildman–Crippen MR) is 99.3 cm³/mol. The van der Waals surface area contributed by atoms with Gasteiger partial charge in [-0.2, -0.15) is 0 Å². The fourth-order valence-corrected chi connectivity index (χ4v) is 2.86. The Hall–Kier alpha value is -2.11. The number of hydrogen-bond donors (Lipinski definition) is 1. The molecule has 1 aromatic carbocycles. The van der Waals surface area contributed by atoms with Crippen molar-refractivity contribution in [2.75, 3.05) is 20.3 Å². The van der Waals surface area contributed by atoms with Crippen molar-refractivity contribution in [2.24, 2.45) is 0 Å². The molecule has 25 heavy (non-hydrogen) atoms. The van der Waals surface area contributed by atoms with Gasteiger partial charge >= 0.3 is 0 Å². The zero-order chi connectivity index (χ0) is 18.6. The Bertz CT molecular complexity index is 830. The van der Waals surface area contributed by atoms with Gasteiger partial charge in [0.05, 0.1) is 6.61 Å². The Balaban J connectivity index is 2.42. The Morgan fingerprint density at radius 3 is 2.52 bits per heavy atom. The number of aryl methyl sites for hydroxylation is 1. The minimum absolute atomic E-state index is 0.172. The molecule has 0 aliphatic carbocycles. The van der Waals surface area contributed by atoms with E-state index in [2.05, 4.69) is 4.98 Å². The van der Waals surface area contributed by atoms with E-state index >= 15 is 0 Å². The molecule has 0 atom stereocenters. The van der Waals surface area contributed by atoms with E-state index in [0.29, 0.717) is 30.3 Å². The fraction of sp³-hybridized carbons (Fsp3) is 0.368. The summed E-state index contributed by atoms with van der Waals surface area (Å²) in [6, 6.07) is 7.36. The van der Waals surface area contributed by atoms with Gasteiger partial charge in [0.2, 0.25) is 0 Å². The molecule has 1 N–H and O–H groups in total. The van der Waals surface area contributed by atoms with Crippen LogP contribution in [0.5, 0.6) is 0 Å². The molecule has 0 fully saturated rings. The number of hydrogen-bond acceptors (Lipinski definition) is 3. The van der Waals surface area contributed by atoms with Crippen molar-refractivity contribution in [1.82, 2.24) is 9.88 Å². The molecule has 134 valence electrons. The molecule has 0 unspecified atom stereocenters. The number of aromatic nitrogens is 1. The van der Waals surface area contributed by atoms with Crippen LogP contribution in [0.2, 0.25) is 5.02 Å². The monoisotopic (exact) mass is 362 g/mol. The molecule has 0 saturated carbocycles. The molecule has 1 aromatic heterocycles. The third-order valence-corrected chi connectivity index (χ3v) is 4.78. The summed E-state index contributed by atoms with van der Waals surface area (Å²) in [5.41, 5.74) is 3.01. The van der Waals surface area contributed by atoms with Gasteiger partial charge in [-0.05, 0) is 43.5 Å². The summed E-state index contributed by atoms with van der Waals surface area (Å²) < 4.78 is 5.12. The zero-order valence-electron chi connectivity index (χ0n) is 15.0. The van der Waals surface area contributed by atoms with Crippen LogP contribution in [0.25, 0.3) is 0 Å². The SMILES string of the molecule is COCCN(Cc1ccccc1Cl)C(=O)c1c(C)c(C)c(C)[nH]c1=O. The van der Waals surface area contributed by atoms with Crippen molar-refractivity contribution < 1.29 is 9.53 Å². The fourth-order valence-electron chi connectivity index (χ4n) is 2.67. The molecule has 0 saturated heterocycles. The molecule has 5 nitrogen and oxygen atoms in total. The summed E-state index contributed by atoms with van der Waals surface area (Å²) >= 11 is 6.22. The van der Waals surface area contributed by atoms with Crippen LogP contribution in [-0.4, -0.2) is 36.1 Å². The third-order valence-electron chi connectivity index (χ3n) is 4.41. The number of methoxy groups -OCH3 is 1. The van der Waals surface area contributed by atoms with Crippen LogP contribution in [0.4, 0.5) is 0 Å². The Morgan fingerprint density at radius 1 is 1.20 bits per heavy atom. The smallest absolute Gasteiger partial charge is 0.261 e. The molecule has 0 bridgehead atoms. The second kappa shape index (κ2) is 8.32. The Labute approximate surface area is 152 Å². The van der Waals surface area contributed by atoms with Crippen LogP contribution in [0.3, 0.4) is 0 Å². The molecular weight excluding hydrogens is 340 g/mol. The average Bonchev–Trinajstić information content (AvgIpc) is 2.58. The highest BCUT2D eigenvalue weighted by molar-refractivity contribution is 6.31. The summed E-state index contributed by atoms with van der Waals surface area (Å²) in [4.78, 5) is 29.8. The first-order chi connectivity index (χ1) is 11.9. The normalized spacial score (nSPS) is 10.8. The summed E-state index contributed by atoms with van der Waals surface area (Å²) in [5.74, 6) is -0.321. The summed E-state index contributed by atoms with van der Waals surface area (Å²) in [6.45, 7) is 6.57. The lowest BCUT2D eigenvalue weighted by Gasteiger charge is -2.24. The predicted octanol–water partition coefficient (Wildman–Crippen LogP) is 3.24. The lowest BCUT2D eigenvalue weighted by molar-refractivity contribution is 0.0678. The number of benzene rings is 1. The zero-order valence-corrected chi connectivity index (χ0v) is 15.7. The average molecular weight is 363 g/mol.